The van der Waals surface area contributed by atoms with Crippen LogP contribution in [0.15, 0.2) is 42.5 Å². The molecular weight excluding hydrogens is 338 g/mol. The van der Waals surface area contributed by atoms with Crippen LogP contribution in [0.25, 0.3) is 0 Å². The number of amides is 1. The van der Waals surface area contributed by atoms with Gasteiger partial charge in [0.05, 0.1) is 11.6 Å². The van der Waals surface area contributed by atoms with Crippen LogP contribution in [-0.2, 0) is 4.79 Å². The van der Waals surface area contributed by atoms with Crippen LogP contribution in [0.1, 0.15) is 72.1 Å². The molecule has 142 valence electrons. The van der Waals surface area contributed by atoms with Crippen molar-refractivity contribution in [1.29, 1.82) is 0 Å². The van der Waals surface area contributed by atoms with Crippen LogP contribution < -0.4 is 10.1 Å². The summed E-state index contributed by atoms with van der Waals surface area (Å²) in [4.78, 5) is 24.8. The van der Waals surface area contributed by atoms with E-state index in [1.807, 2.05) is 43.3 Å². The highest BCUT2D eigenvalue weighted by atomic mass is 16.5. The standard InChI is InChI=1S/C23H27NO3/c1-4-8-18(17-9-6-5-7-10-17)24-21(26)14-27-20-12-11-15(2)22-16(3)13-19(25)23(20)22/h5-7,9-12,16,18H,4,8,13-14H2,1-3H3,(H,24,26). The minimum absolute atomic E-state index is 0.0299. The van der Waals surface area contributed by atoms with Gasteiger partial charge in [0, 0.05) is 6.42 Å². The summed E-state index contributed by atoms with van der Waals surface area (Å²) in [5.41, 5.74) is 3.91. The van der Waals surface area contributed by atoms with Gasteiger partial charge in [0.15, 0.2) is 12.4 Å². The van der Waals surface area contributed by atoms with Crippen LogP contribution in [0.2, 0.25) is 0 Å². The van der Waals surface area contributed by atoms with Crippen LogP contribution >= 0.6 is 0 Å². The second kappa shape index (κ2) is 8.38. The number of hydrogen-bond donors (Lipinski definition) is 1. The number of carbonyl (C=O) groups excluding carboxylic acids is 2. The molecular formula is C23H27NO3. The molecule has 0 saturated carbocycles. The molecule has 0 saturated heterocycles. The second-order valence-corrected chi connectivity index (χ2v) is 7.31. The maximum absolute atomic E-state index is 12.5. The molecule has 0 heterocycles. The minimum atomic E-state index is -0.176. The number of nitrogens with one attached hydrogen (secondary N) is 1. The number of rotatable bonds is 7. The Labute approximate surface area is 160 Å². The summed E-state index contributed by atoms with van der Waals surface area (Å²) in [6, 6.07) is 13.7. The van der Waals surface area contributed by atoms with Gasteiger partial charge in [-0.1, -0.05) is 56.7 Å². The number of fused-ring (bicyclic) bond motifs is 1. The summed E-state index contributed by atoms with van der Waals surface area (Å²) < 4.78 is 5.77. The van der Waals surface area contributed by atoms with E-state index in [1.165, 1.54) is 0 Å². The molecule has 0 bridgehead atoms. The van der Waals surface area contributed by atoms with Crippen molar-refractivity contribution >= 4 is 11.7 Å². The first-order valence-corrected chi connectivity index (χ1v) is 9.65. The van der Waals surface area contributed by atoms with Crippen molar-refractivity contribution in [3.05, 3.63) is 64.7 Å². The van der Waals surface area contributed by atoms with Gasteiger partial charge in [0.2, 0.25) is 0 Å². The summed E-state index contributed by atoms with van der Waals surface area (Å²) in [5.74, 6) is 0.652. The average Bonchev–Trinajstić information content (AvgIpc) is 2.97. The van der Waals surface area contributed by atoms with Gasteiger partial charge >= 0.3 is 0 Å². The molecule has 3 rings (SSSR count). The van der Waals surface area contributed by atoms with E-state index in [4.69, 9.17) is 4.74 Å². The molecule has 4 nitrogen and oxygen atoms in total. The minimum Gasteiger partial charge on any atom is -0.483 e. The number of ether oxygens (including phenoxy) is 1. The SMILES string of the molecule is CCCC(NC(=O)COc1ccc(C)c2c1C(=O)CC2C)c1ccccc1. The normalized spacial score (nSPS) is 16.7. The number of benzene rings is 2. The molecule has 1 amide bonds. The van der Waals surface area contributed by atoms with E-state index >= 15 is 0 Å². The van der Waals surface area contributed by atoms with E-state index in [-0.39, 0.29) is 30.3 Å². The molecule has 1 aliphatic rings. The van der Waals surface area contributed by atoms with Crippen LogP contribution in [0.3, 0.4) is 0 Å². The van der Waals surface area contributed by atoms with Gasteiger partial charge in [-0.05, 0) is 42.0 Å². The second-order valence-electron chi connectivity index (χ2n) is 7.31. The summed E-state index contributed by atoms with van der Waals surface area (Å²) in [5, 5.41) is 3.05. The van der Waals surface area contributed by atoms with Crippen molar-refractivity contribution in [2.24, 2.45) is 0 Å². The molecule has 0 radical (unpaired) electrons. The lowest BCUT2D eigenvalue weighted by Gasteiger charge is -2.19. The highest BCUT2D eigenvalue weighted by molar-refractivity contribution is 6.04. The van der Waals surface area contributed by atoms with Crippen LogP contribution in [-0.4, -0.2) is 18.3 Å². The molecule has 27 heavy (non-hydrogen) atoms. The molecule has 4 heteroatoms. The number of ketones is 1. The topological polar surface area (TPSA) is 55.4 Å². The van der Waals surface area contributed by atoms with Crippen molar-refractivity contribution in [2.45, 2.75) is 52.0 Å². The Morgan fingerprint density at radius 2 is 1.96 bits per heavy atom. The zero-order chi connectivity index (χ0) is 19.4. The quantitative estimate of drug-likeness (QED) is 0.772. The number of Topliss-reactive ketones (excluding diaryl/α,β-unsaturated/α-hetero) is 1. The molecule has 2 aromatic rings. The Balaban J connectivity index is 1.69. The van der Waals surface area contributed by atoms with E-state index in [1.54, 1.807) is 6.07 Å². The summed E-state index contributed by atoms with van der Waals surface area (Å²) >= 11 is 0. The Hall–Kier alpha value is -2.62. The first-order valence-electron chi connectivity index (χ1n) is 9.65. The van der Waals surface area contributed by atoms with Gasteiger partial charge < -0.3 is 10.1 Å². The molecule has 1 N–H and O–H groups in total. The first kappa shape index (κ1) is 19.2. The molecule has 1 aliphatic carbocycles. The average molecular weight is 365 g/mol. The van der Waals surface area contributed by atoms with Gasteiger partial charge in [-0.25, -0.2) is 0 Å². The van der Waals surface area contributed by atoms with Crippen molar-refractivity contribution in [1.82, 2.24) is 5.32 Å². The van der Waals surface area contributed by atoms with Crippen LogP contribution in [0.4, 0.5) is 0 Å². The highest BCUT2D eigenvalue weighted by Gasteiger charge is 2.31. The molecule has 0 aliphatic heterocycles. The summed E-state index contributed by atoms with van der Waals surface area (Å²) in [7, 11) is 0. The van der Waals surface area contributed by atoms with Crippen molar-refractivity contribution in [3.63, 3.8) is 0 Å². The maximum atomic E-state index is 12.5. The third-order valence-electron chi connectivity index (χ3n) is 5.16. The van der Waals surface area contributed by atoms with Crippen LogP contribution in [0.5, 0.6) is 5.75 Å². The maximum Gasteiger partial charge on any atom is 0.258 e. The lowest BCUT2D eigenvalue weighted by Crippen LogP contribution is -2.32. The van der Waals surface area contributed by atoms with E-state index in [2.05, 4.69) is 19.2 Å². The van der Waals surface area contributed by atoms with Gasteiger partial charge in [-0.2, -0.15) is 0 Å². The molecule has 0 fully saturated rings. The van der Waals surface area contributed by atoms with Crippen LogP contribution in [0, 0.1) is 6.92 Å². The van der Waals surface area contributed by atoms with Gasteiger partial charge in [-0.3, -0.25) is 9.59 Å². The predicted octanol–water partition coefficient (Wildman–Crippen LogP) is 4.72. The molecule has 2 aromatic carbocycles. The first-order chi connectivity index (χ1) is 13.0. The van der Waals surface area contributed by atoms with E-state index in [0.717, 1.165) is 29.5 Å². The Kier molecular flexibility index (Phi) is 5.94. The lowest BCUT2D eigenvalue weighted by atomic mass is 9.97. The van der Waals surface area contributed by atoms with Gasteiger partial charge in [0.25, 0.3) is 5.91 Å². The smallest absolute Gasteiger partial charge is 0.258 e. The highest BCUT2D eigenvalue weighted by Crippen LogP contribution is 2.40. The number of hydrogen-bond acceptors (Lipinski definition) is 3. The third-order valence-corrected chi connectivity index (χ3v) is 5.16. The van der Waals surface area contributed by atoms with E-state index in [0.29, 0.717) is 17.7 Å². The van der Waals surface area contributed by atoms with E-state index in [9.17, 15) is 9.59 Å². The largest absolute Gasteiger partial charge is 0.483 e. The fourth-order valence-corrected chi connectivity index (χ4v) is 3.90. The molecule has 0 spiro atoms. The summed E-state index contributed by atoms with van der Waals surface area (Å²) in [6.07, 6.45) is 2.35. The Morgan fingerprint density at radius 1 is 1.22 bits per heavy atom. The monoisotopic (exact) mass is 365 g/mol. The van der Waals surface area contributed by atoms with Gasteiger partial charge in [-0.15, -0.1) is 0 Å². The fraction of sp³-hybridized carbons (Fsp3) is 0.391. The predicted molar refractivity (Wildman–Crippen MR) is 106 cm³/mol. The summed E-state index contributed by atoms with van der Waals surface area (Å²) in [6.45, 7) is 6.08. The third kappa shape index (κ3) is 4.21. The van der Waals surface area contributed by atoms with Gasteiger partial charge in [0.1, 0.15) is 5.75 Å². The van der Waals surface area contributed by atoms with Crippen molar-refractivity contribution < 1.29 is 14.3 Å². The van der Waals surface area contributed by atoms with Crippen molar-refractivity contribution in [3.8, 4) is 5.75 Å². The fourth-order valence-electron chi connectivity index (χ4n) is 3.90. The molecule has 0 aromatic heterocycles. The lowest BCUT2D eigenvalue weighted by molar-refractivity contribution is -0.123. The Bertz CT molecular complexity index is 829. The van der Waals surface area contributed by atoms with Crippen molar-refractivity contribution in [2.75, 3.05) is 6.61 Å². The zero-order valence-electron chi connectivity index (χ0n) is 16.2. The van der Waals surface area contributed by atoms with E-state index < -0.39 is 0 Å². The molecule has 2 unspecified atom stereocenters. The zero-order valence-corrected chi connectivity index (χ0v) is 16.2. The Morgan fingerprint density at radius 3 is 2.67 bits per heavy atom. The number of aryl methyl sites for hydroxylation is 1. The molecule has 2 atom stereocenters. The number of carbonyl (C=O) groups is 2.